The van der Waals surface area contributed by atoms with Gasteiger partial charge in [0.15, 0.2) is 0 Å². The van der Waals surface area contributed by atoms with Gasteiger partial charge in [-0.3, -0.25) is 0 Å². The van der Waals surface area contributed by atoms with Crippen molar-refractivity contribution in [2.24, 2.45) is 0 Å². The molecular weight excluding hydrogens is 195 g/mol. The van der Waals surface area contributed by atoms with Gasteiger partial charge >= 0.3 is 6.18 Å². The summed E-state index contributed by atoms with van der Waals surface area (Å²) in [5, 5.41) is 10.6. The number of halogens is 3. The average molecular weight is 201 g/mol. The Bertz CT molecular complexity index is 354. The van der Waals surface area contributed by atoms with E-state index in [0.717, 1.165) is 0 Å². The van der Waals surface area contributed by atoms with Crippen LogP contribution in [0.3, 0.4) is 0 Å². The summed E-state index contributed by atoms with van der Waals surface area (Å²) >= 11 is 0. The molecule has 0 saturated carbocycles. The second kappa shape index (κ2) is 3.96. The van der Waals surface area contributed by atoms with Gasteiger partial charge in [0.25, 0.3) is 0 Å². The highest BCUT2D eigenvalue weighted by molar-refractivity contribution is 5.51. The molecular formula is C8H6F3N3. The Balaban J connectivity index is 2.73. The fourth-order valence-corrected chi connectivity index (χ4v) is 0.820. The first-order valence-electron chi connectivity index (χ1n) is 3.68. The summed E-state index contributed by atoms with van der Waals surface area (Å²) in [7, 11) is 0. The molecule has 0 unspecified atom stereocenters. The number of anilines is 1. The van der Waals surface area contributed by atoms with Crippen LogP contribution in [0.25, 0.3) is 0 Å². The highest BCUT2D eigenvalue weighted by Crippen LogP contribution is 2.16. The number of pyridine rings is 1. The molecule has 0 saturated heterocycles. The topological polar surface area (TPSA) is 48.7 Å². The highest BCUT2D eigenvalue weighted by Gasteiger charge is 2.27. The van der Waals surface area contributed by atoms with Gasteiger partial charge in [-0.1, -0.05) is 0 Å². The Morgan fingerprint density at radius 1 is 1.50 bits per heavy atom. The van der Waals surface area contributed by atoms with E-state index in [4.69, 9.17) is 5.26 Å². The molecule has 3 nitrogen and oxygen atoms in total. The Labute approximate surface area is 78.2 Å². The van der Waals surface area contributed by atoms with Crippen molar-refractivity contribution in [1.82, 2.24) is 4.98 Å². The summed E-state index contributed by atoms with van der Waals surface area (Å²) in [5.74, 6) is -0.0488. The Morgan fingerprint density at radius 2 is 2.21 bits per heavy atom. The number of nitrogens with one attached hydrogen (secondary N) is 1. The Kier molecular flexibility index (Phi) is 2.92. The molecule has 74 valence electrons. The van der Waals surface area contributed by atoms with Crippen LogP contribution in [0.1, 0.15) is 5.56 Å². The molecule has 0 atom stereocenters. The van der Waals surface area contributed by atoms with Crippen molar-refractivity contribution in [2.75, 3.05) is 11.9 Å². The van der Waals surface area contributed by atoms with E-state index in [0.29, 0.717) is 0 Å². The summed E-state index contributed by atoms with van der Waals surface area (Å²) in [6.45, 7) is -1.20. The van der Waals surface area contributed by atoms with Gasteiger partial charge in [-0.25, -0.2) is 4.98 Å². The summed E-state index contributed by atoms with van der Waals surface area (Å²) in [6.07, 6.45) is -3.00. The van der Waals surface area contributed by atoms with E-state index in [9.17, 15) is 13.2 Å². The predicted octanol–water partition coefficient (Wildman–Crippen LogP) is 1.93. The van der Waals surface area contributed by atoms with Crippen molar-refractivity contribution in [1.29, 1.82) is 5.26 Å². The van der Waals surface area contributed by atoms with Gasteiger partial charge in [-0.15, -0.1) is 0 Å². The summed E-state index contributed by atoms with van der Waals surface area (Å²) in [6, 6.07) is 4.62. The molecule has 1 N–H and O–H groups in total. The van der Waals surface area contributed by atoms with Crippen LogP contribution in [0.15, 0.2) is 18.3 Å². The molecule has 6 heteroatoms. The third-order valence-corrected chi connectivity index (χ3v) is 1.38. The number of nitriles is 1. The third kappa shape index (κ3) is 2.94. The van der Waals surface area contributed by atoms with Crippen LogP contribution in [-0.2, 0) is 0 Å². The second-order valence-corrected chi connectivity index (χ2v) is 2.48. The number of rotatable bonds is 2. The minimum absolute atomic E-state index is 0.0488. The number of aromatic nitrogens is 1. The molecule has 1 aromatic rings. The summed E-state index contributed by atoms with van der Waals surface area (Å²) in [5.41, 5.74) is 0.0942. The standard InChI is InChI=1S/C8H6F3N3/c9-8(10,11)5-14-7-6(4-12)2-1-3-13-7/h1-3H,5H2,(H,13,14). The molecule has 1 heterocycles. The maximum Gasteiger partial charge on any atom is 0.405 e. The largest absolute Gasteiger partial charge is 0.405 e. The zero-order valence-corrected chi connectivity index (χ0v) is 6.97. The Hall–Kier alpha value is -1.77. The lowest BCUT2D eigenvalue weighted by Crippen LogP contribution is -2.22. The van der Waals surface area contributed by atoms with Crippen molar-refractivity contribution >= 4 is 5.82 Å². The molecule has 0 aliphatic rings. The van der Waals surface area contributed by atoms with E-state index in [1.807, 2.05) is 5.32 Å². The number of hydrogen-bond donors (Lipinski definition) is 1. The maximum absolute atomic E-state index is 11.8. The molecule has 0 aliphatic heterocycles. The molecule has 0 bridgehead atoms. The molecule has 0 radical (unpaired) electrons. The lowest BCUT2D eigenvalue weighted by atomic mass is 10.3. The average Bonchev–Trinajstić information content (AvgIpc) is 2.14. The minimum atomic E-state index is -4.32. The van der Waals surface area contributed by atoms with Crippen molar-refractivity contribution < 1.29 is 13.2 Å². The smallest absolute Gasteiger partial charge is 0.360 e. The van der Waals surface area contributed by atoms with Crippen LogP contribution in [0, 0.1) is 11.3 Å². The fraction of sp³-hybridized carbons (Fsp3) is 0.250. The summed E-state index contributed by atoms with van der Waals surface area (Å²) < 4.78 is 35.4. The van der Waals surface area contributed by atoms with Crippen LogP contribution in [0.4, 0.5) is 19.0 Å². The van der Waals surface area contributed by atoms with E-state index in [2.05, 4.69) is 4.98 Å². The van der Waals surface area contributed by atoms with Gasteiger partial charge in [-0.05, 0) is 12.1 Å². The van der Waals surface area contributed by atoms with Gasteiger partial charge in [0.2, 0.25) is 0 Å². The monoisotopic (exact) mass is 201 g/mol. The molecule has 0 aliphatic carbocycles. The summed E-state index contributed by atoms with van der Waals surface area (Å²) in [4.78, 5) is 3.62. The zero-order chi connectivity index (χ0) is 10.6. The quantitative estimate of drug-likeness (QED) is 0.795. The second-order valence-electron chi connectivity index (χ2n) is 2.48. The maximum atomic E-state index is 11.8. The SMILES string of the molecule is N#Cc1cccnc1NCC(F)(F)F. The van der Waals surface area contributed by atoms with Gasteiger partial charge < -0.3 is 5.32 Å². The van der Waals surface area contributed by atoms with Gasteiger partial charge in [-0.2, -0.15) is 18.4 Å². The normalized spacial score (nSPS) is 10.7. The zero-order valence-electron chi connectivity index (χ0n) is 6.97. The van der Waals surface area contributed by atoms with Crippen LogP contribution in [-0.4, -0.2) is 17.7 Å². The number of nitrogens with zero attached hydrogens (tertiary/aromatic N) is 2. The molecule has 1 rings (SSSR count). The van der Waals surface area contributed by atoms with Crippen molar-refractivity contribution in [3.63, 3.8) is 0 Å². The predicted molar refractivity (Wildman–Crippen MR) is 43.5 cm³/mol. The number of hydrogen-bond acceptors (Lipinski definition) is 3. The Morgan fingerprint density at radius 3 is 2.79 bits per heavy atom. The molecule has 1 aromatic heterocycles. The van der Waals surface area contributed by atoms with Crippen molar-refractivity contribution in [3.8, 4) is 6.07 Å². The van der Waals surface area contributed by atoms with E-state index < -0.39 is 12.7 Å². The van der Waals surface area contributed by atoms with E-state index in [1.165, 1.54) is 18.3 Å². The first-order chi connectivity index (χ1) is 6.53. The van der Waals surface area contributed by atoms with Gasteiger partial charge in [0.05, 0.1) is 5.56 Å². The first kappa shape index (κ1) is 10.3. The minimum Gasteiger partial charge on any atom is -0.360 e. The molecule has 0 fully saturated rings. The number of alkyl halides is 3. The van der Waals surface area contributed by atoms with Crippen LogP contribution in [0.5, 0.6) is 0 Å². The van der Waals surface area contributed by atoms with Gasteiger partial charge in [0, 0.05) is 6.20 Å². The van der Waals surface area contributed by atoms with Crippen LogP contribution >= 0.6 is 0 Å². The van der Waals surface area contributed by atoms with E-state index >= 15 is 0 Å². The van der Waals surface area contributed by atoms with Gasteiger partial charge in [0.1, 0.15) is 18.4 Å². The molecule has 0 spiro atoms. The van der Waals surface area contributed by atoms with Crippen LogP contribution in [0.2, 0.25) is 0 Å². The van der Waals surface area contributed by atoms with E-state index in [-0.39, 0.29) is 11.4 Å². The van der Waals surface area contributed by atoms with Crippen LogP contribution < -0.4 is 5.32 Å². The van der Waals surface area contributed by atoms with Crippen molar-refractivity contribution in [3.05, 3.63) is 23.9 Å². The fourth-order valence-electron chi connectivity index (χ4n) is 0.820. The highest BCUT2D eigenvalue weighted by atomic mass is 19.4. The molecule has 14 heavy (non-hydrogen) atoms. The van der Waals surface area contributed by atoms with Crippen molar-refractivity contribution in [2.45, 2.75) is 6.18 Å². The molecule has 0 amide bonds. The third-order valence-electron chi connectivity index (χ3n) is 1.38. The first-order valence-corrected chi connectivity index (χ1v) is 3.68. The van der Waals surface area contributed by atoms with E-state index in [1.54, 1.807) is 6.07 Å². The lowest BCUT2D eigenvalue weighted by Gasteiger charge is -2.09. The lowest BCUT2D eigenvalue weighted by molar-refractivity contribution is -0.115. The molecule has 0 aromatic carbocycles.